The fraction of sp³-hybridized carbons (Fsp3) is 0.240. The van der Waals surface area contributed by atoms with Gasteiger partial charge in [-0.15, -0.1) is 0 Å². The second kappa shape index (κ2) is 11.6. The molecule has 0 aromatic heterocycles. The molecule has 0 unspecified atom stereocenters. The summed E-state index contributed by atoms with van der Waals surface area (Å²) in [5.74, 6) is -0.337. The lowest BCUT2D eigenvalue weighted by Crippen LogP contribution is -2.36. The summed E-state index contributed by atoms with van der Waals surface area (Å²) in [6.45, 7) is 1.04. The normalized spacial score (nSPS) is 13.4. The molecule has 0 heterocycles. The van der Waals surface area contributed by atoms with Crippen LogP contribution < -0.4 is 5.32 Å². The number of hydrogen-bond acceptors (Lipinski definition) is 5. The average molecular weight is 503 g/mol. The van der Waals surface area contributed by atoms with E-state index in [0.29, 0.717) is 21.7 Å². The SMILES string of the molecule is C[C@@H](CO)NC(=O)c1ccc(CN([C@@H](CO)c2ccc(Cl)cc2)S(=O)(=O)c2ccccc2)cc1. The molecule has 34 heavy (non-hydrogen) atoms. The van der Waals surface area contributed by atoms with Crippen LogP contribution >= 0.6 is 11.6 Å². The Morgan fingerprint density at radius 2 is 1.56 bits per heavy atom. The molecule has 9 heteroatoms. The van der Waals surface area contributed by atoms with E-state index < -0.39 is 22.7 Å². The van der Waals surface area contributed by atoms with Crippen LogP contribution in [0, 0.1) is 0 Å². The number of carbonyl (C=O) groups is 1. The molecular formula is C25H27ClN2O5S. The maximum Gasteiger partial charge on any atom is 0.251 e. The fourth-order valence-corrected chi connectivity index (χ4v) is 5.17. The molecule has 3 aromatic carbocycles. The Morgan fingerprint density at radius 1 is 0.941 bits per heavy atom. The summed E-state index contributed by atoms with van der Waals surface area (Å²) in [6.07, 6.45) is 0. The number of aliphatic hydroxyl groups is 2. The molecule has 0 fully saturated rings. The van der Waals surface area contributed by atoms with E-state index in [1.165, 1.54) is 16.4 Å². The van der Waals surface area contributed by atoms with Crippen molar-refractivity contribution < 1.29 is 23.4 Å². The highest BCUT2D eigenvalue weighted by Gasteiger charge is 2.32. The molecule has 2 atom stereocenters. The third kappa shape index (κ3) is 6.22. The number of nitrogens with one attached hydrogen (secondary N) is 1. The molecule has 180 valence electrons. The number of benzene rings is 3. The van der Waals surface area contributed by atoms with Crippen molar-refractivity contribution in [1.82, 2.24) is 9.62 Å². The number of sulfonamides is 1. The van der Waals surface area contributed by atoms with Gasteiger partial charge in [0.2, 0.25) is 10.0 Å². The number of hydrogen-bond donors (Lipinski definition) is 3. The van der Waals surface area contributed by atoms with Gasteiger partial charge in [0.15, 0.2) is 0 Å². The van der Waals surface area contributed by atoms with Crippen LogP contribution in [0.5, 0.6) is 0 Å². The van der Waals surface area contributed by atoms with Gasteiger partial charge in [-0.25, -0.2) is 8.42 Å². The molecule has 1 amide bonds. The number of amides is 1. The van der Waals surface area contributed by atoms with E-state index >= 15 is 0 Å². The number of nitrogens with zero attached hydrogens (tertiary/aromatic N) is 1. The summed E-state index contributed by atoms with van der Waals surface area (Å²) < 4.78 is 28.5. The Labute approximate surface area is 204 Å². The van der Waals surface area contributed by atoms with Crippen LogP contribution in [0.25, 0.3) is 0 Å². The minimum atomic E-state index is -3.98. The highest BCUT2D eigenvalue weighted by Crippen LogP contribution is 2.30. The van der Waals surface area contributed by atoms with Gasteiger partial charge >= 0.3 is 0 Å². The first-order valence-electron chi connectivity index (χ1n) is 10.7. The van der Waals surface area contributed by atoms with Crippen molar-refractivity contribution in [2.75, 3.05) is 13.2 Å². The highest BCUT2D eigenvalue weighted by molar-refractivity contribution is 7.89. The standard InChI is InChI=1S/C25H27ClN2O5S/c1-18(16-29)27-25(31)21-9-7-19(8-10-21)15-28(34(32,33)23-5-3-2-4-6-23)24(17-30)20-11-13-22(26)14-12-20/h2-14,18,24,29-30H,15-17H2,1H3,(H,27,31)/t18-,24-/m0/s1. The highest BCUT2D eigenvalue weighted by atomic mass is 35.5. The van der Waals surface area contributed by atoms with Crippen molar-refractivity contribution >= 4 is 27.5 Å². The molecule has 3 rings (SSSR count). The first-order valence-corrected chi connectivity index (χ1v) is 12.5. The van der Waals surface area contributed by atoms with Crippen LogP contribution in [0.1, 0.15) is 34.5 Å². The molecule has 3 N–H and O–H groups in total. The van der Waals surface area contributed by atoms with Crippen molar-refractivity contribution in [3.05, 3.63) is 101 Å². The maximum absolute atomic E-state index is 13.6. The summed E-state index contributed by atoms with van der Waals surface area (Å²) in [7, 11) is -3.98. The largest absolute Gasteiger partial charge is 0.394 e. The van der Waals surface area contributed by atoms with Crippen LogP contribution in [0.3, 0.4) is 0 Å². The number of rotatable bonds is 10. The van der Waals surface area contributed by atoms with E-state index in [4.69, 9.17) is 16.7 Å². The van der Waals surface area contributed by atoms with Gasteiger partial charge in [-0.2, -0.15) is 4.31 Å². The predicted molar refractivity (Wildman–Crippen MR) is 131 cm³/mol. The lowest BCUT2D eigenvalue weighted by atomic mass is 10.1. The van der Waals surface area contributed by atoms with Crippen molar-refractivity contribution in [2.24, 2.45) is 0 Å². The van der Waals surface area contributed by atoms with E-state index in [1.54, 1.807) is 73.7 Å². The van der Waals surface area contributed by atoms with Crippen molar-refractivity contribution in [3.63, 3.8) is 0 Å². The third-order valence-corrected chi connectivity index (χ3v) is 7.45. The lowest BCUT2D eigenvalue weighted by Gasteiger charge is -2.30. The summed E-state index contributed by atoms with van der Waals surface area (Å²) in [4.78, 5) is 12.4. The van der Waals surface area contributed by atoms with E-state index in [9.17, 15) is 18.3 Å². The summed E-state index contributed by atoms with van der Waals surface area (Å²) in [5, 5.41) is 22.5. The van der Waals surface area contributed by atoms with Crippen LogP contribution in [-0.4, -0.2) is 48.1 Å². The maximum atomic E-state index is 13.6. The summed E-state index contributed by atoms with van der Waals surface area (Å²) in [6, 6.07) is 20.0. The Hall–Kier alpha value is -2.75. The summed E-state index contributed by atoms with van der Waals surface area (Å²) in [5.41, 5.74) is 1.62. The molecule has 3 aromatic rings. The molecule has 0 aliphatic heterocycles. The van der Waals surface area contributed by atoms with Gasteiger partial charge in [-0.05, 0) is 54.4 Å². The van der Waals surface area contributed by atoms with Gasteiger partial charge in [0.1, 0.15) is 0 Å². The van der Waals surface area contributed by atoms with Gasteiger partial charge in [0, 0.05) is 23.2 Å². The zero-order valence-corrected chi connectivity index (χ0v) is 20.2. The van der Waals surface area contributed by atoms with Gasteiger partial charge in [0.05, 0.1) is 24.2 Å². The molecule has 0 aliphatic carbocycles. The zero-order valence-electron chi connectivity index (χ0n) is 18.6. The second-order valence-corrected chi connectivity index (χ2v) is 10.2. The molecule has 0 radical (unpaired) electrons. The lowest BCUT2D eigenvalue weighted by molar-refractivity contribution is 0.0922. The number of carbonyl (C=O) groups excluding carboxylic acids is 1. The van der Waals surface area contributed by atoms with Gasteiger partial charge in [0.25, 0.3) is 5.91 Å². The minimum Gasteiger partial charge on any atom is -0.394 e. The van der Waals surface area contributed by atoms with Crippen molar-refractivity contribution in [3.8, 4) is 0 Å². The zero-order chi connectivity index (χ0) is 24.7. The van der Waals surface area contributed by atoms with Crippen LogP contribution in [0.15, 0.2) is 83.8 Å². The fourth-order valence-electron chi connectivity index (χ4n) is 3.43. The Morgan fingerprint density at radius 3 is 2.12 bits per heavy atom. The minimum absolute atomic E-state index is 0.0278. The Kier molecular flexibility index (Phi) is 8.82. The molecule has 0 bridgehead atoms. The smallest absolute Gasteiger partial charge is 0.251 e. The number of halogens is 1. The van der Waals surface area contributed by atoms with Gasteiger partial charge < -0.3 is 15.5 Å². The quantitative estimate of drug-likeness (QED) is 0.394. The average Bonchev–Trinajstić information content (AvgIpc) is 2.85. The Bertz CT molecular complexity index is 1190. The van der Waals surface area contributed by atoms with E-state index in [0.717, 1.165) is 0 Å². The molecule has 0 saturated heterocycles. The van der Waals surface area contributed by atoms with E-state index in [1.807, 2.05) is 0 Å². The molecule has 7 nitrogen and oxygen atoms in total. The Balaban J connectivity index is 1.96. The first-order chi connectivity index (χ1) is 16.3. The van der Waals surface area contributed by atoms with E-state index in [-0.39, 0.29) is 30.0 Å². The third-order valence-electron chi connectivity index (χ3n) is 5.33. The molecule has 0 spiro atoms. The number of aliphatic hydroxyl groups excluding tert-OH is 2. The monoisotopic (exact) mass is 502 g/mol. The van der Waals surface area contributed by atoms with Crippen molar-refractivity contribution in [2.45, 2.75) is 30.4 Å². The molecular weight excluding hydrogens is 476 g/mol. The summed E-state index contributed by atoms with van der Waals surface area (Å²) >= 11 is 5.99. The molecule has 0 saturated carbocycles. The van der Waals surface area contributed by atoms with Crippen LogP contribution in [0.4, 0.5) is 0 Å². The van der Waals surface area contributed by atoms with Gasteiger partial charge in [-0.3, -0.25) is 4.79 Å². The van der Waals surface area contributed by atoms with Crippen LogP contribution in [0.2, 0.25) is 5.02 Å². The first kappa shape index (κ1) is 25.9. The molecule has 0 aliphatic rings. The predicted octanol–water partition coefficient (Wildman–Crippen LogP) is 3.38. The van der Waals surface area contributed by atoms with E-state index in [2.05, 4.69) is 5.32 Å². The van der Waals surface area contributed by atoms with Gasteiger partial charge in [-0.1, -0.05) is 54.1 Å². The van der Waals surface area contributed by atoms with Crippen molar-refractivity contribution in [1.29, 1.82) is 0 Å². The van der Waals surface area contributed by atoms with Crippen LogP contribution in [-0.2, 0) is 16.6 Å². The topological polar surface area (TPSA) is 107 Å². The second-order valence-electron chi connectivity index (χ2n) is 7.87.